The van der Waals surface area contributed by atoms with Gasteiger partial charge in [0.1, 0.15) is 5.82 Å². The first kappa shape index (κ1) is 16.8. The van der Waals surface area contributed by atoms with Gasteiger partial charge in [0.15, 0.2) is 5.72 Å². The number of hydrogen-bond acceptors (Lipinski definition) is 5. The number of carbonyl (C=O) groups is 2. The van der Waals surface area contributed by atoms with Gasteiger partial charge in [-0.3, -0.25) is 5.01 Å². The summed E-state index contributed by atoms with van der Waals surface area (Å²) in [6, 6.07) is 4.83. The molecule has 1 aliphatic rings. The average molecular weight is 323 g/mol. The molecule has 0 saturated carbocycles. The summed E-state index contributed by atoms with van der Waals surface area (Å²) in [5.41, 5.74) is 5.90. The van der Waals surface area contributed by atoms with Crippen LogP contribution in [0.4, 0.5) is 9.18 Å². The summed E-state index contributed by atoms with van der Waals surface area (Å²) in [4.78, 5) is 23.3. The lowest BCUT2D eigenvalue weighted by molar-refractivity contribution is -0.137. The molecular weight excluding hydrogens is 305 g/mol. The van der Waals surface area contributed by atoms with Gasteiger partial charge in [0.2, 0.25) is 0 Å². The molecule has 0 fully saturated rings. The van der Waals surface area contributed by atoms with Crippen molar-refractivity contribution in [2.45, 2.75) is 25.5 Å². The molecule has 2 amide bonds. The molecule has 0 saturated heterocycles. The van der Waals surface area contributed by atoms with Crippen LogP contribution in [0.3, 0.4) is 0 Å². The number of amides is 2. The highest BCUT2D eigenvalue weighted by atomic mass is 19.1. The van der Waals surface area contributed by atoms with Crippen molar-refractivity contribution < 1.29 is 23.8 Å². The fourth-order valence-electron chi connectivity index (χ4n) is 2.91. The molecule has 1 aromatic rings. The van der Waals surface area contributed by atoms with Crippen molar-refractivity contribution in [1.29, 1.82) is 0 Å². The van der Waals surface area contributed by atoms with Gasteiger partial charge >= 0.3 is 12.0 Å². The Bertz CT molecular complexity index is 687. The first-order valence-corrected chi connectivity index (χ1v) is 6.84. The lowest BCUT2D eigenvalue weighted by Crippen LogP contribution is -2.55. The number of primary amides is 1. The maximum absolute atomic E-state index is 14.2. The Morgan fingerprint density at radius 3 is 2.57 bits per heavy atom. The van der Waals surface area contributed by atoms with Gasteiger partial charge in [0.25, 0.3) is 0 Å². The van der Waals surface area contributed by atoms with E-state index in [0.717, 1.165) is 5.01 Å². The summed E-state index contributed by atoms with van der Waals surface area (Å²) in [6.45, 7) is 2.84. The zero-order valence-corrected chi connectivity index (χ0v) is 13.0. The van der Waals surface area contributed by atoms with Crippen LogP contribution in [0.1, 0.15) is 25.3 Å². The fraction of sp³-hybridized carbons (Fsp3) is 0.333. The zero-order chi connectivity index (χ0) is 17.4. The highest BCUT2D eigenvalue weighted by Gasteiger charge is 2.52. The second-order valence-corrected chi connectivity index (χ2v) is 5.35. The Balaban J connectivity index is 2.65. The Kier molecular flexibility index (Phi) is 4.28. The minimum Gasteiger partial charge on any atom is -0.466 e. The summed E-state index contributed by atoms with van der Waals surface area (Å²) in [5.74, 6) is -2.39. The fourth-order valence-corrected chi connectivity index (χ4v) is 2.91. The van der Waals surface area contributed by atoms with Crippen LogP contribution in [0.15, 0.2) is 35.5 Å². The van der Waals surface area contributed by atoms with E-state index >= 15 is 0 Å². The number of benzene rings is 1. The van der Waals surface area contributed by atoms with E-state index in [2.05, 4.69) is 5.43 Å². The largest absolute Gasteiger partial charge is 0.466 e. The molecule has 8 heteroatoms. The molecule has 1 aromatic carbocycles. The van der Waals surface area contributed by atoms with Gasteiger partial charge in [-0.1, -0.05) is 18.2 Å². The third kappa shape index (κ3) is 2.72. The number of nitrogens with zero attached hydrogens (tertiary/aromatic N) is 1. The lowest BCUT2D eigenvalue weighted by atomic mass is 9.85. The van der Waals surface area contributed by atoms with Gasteiger partial charge in [0.05, 0.1) is 18.6 Å². The number of nitrogens with two attached hydrogens (primary N) is 1. The molecular formula is C15H18FN3O4. The van der Waals surface area contributed by atoms with E-state index in [0.29, 0.717) is 0 Å². The maximum Gasteiger partial charge on any atom is 0.336 e. The maximum atomic E-state index is 14.2. The molecule has 0 aromatic heterocycles. The molecule has 0 spiro atoms. The Labute approximate surface area is 132 Å². The third-order valence-electron chi connectivity index (χ3n) is 3.86. The summed E-state index contributed by atoms with van der Waals surface area (Å²) < 4.78 is 19.0. The van der Waals surface area contributed by atoms with E-state index in [1.165, 1.54) is 39.2 Å². The highest BCUT2D eigenvalue weighted by Crippen LogP contribution is 2.46. The van der Waals surface area contributed by atoms with Crippen molar-refractivity contribution in [3.63, 3.8) is 0 Å². The number of hydrazine groups is 1. The molecule has 4 N–H and O–H groups in total. The van der Waals surface area contributed by atoms with Crippen molar-refractivity contribution in [2.24, 2.45) is 5.73 Å². The molecule has 7 nitrogen and oxygen atoms in total. The molecule has 124 valence electrons. The first-order valence-electron chi connectivity index (χ1n) is 6.84. The SMILES string of the molecule is COC(=O)C1=C(C)N(NC(N)=O)C(C)(O)C1c1ccccc1F. The number of allylic oxidation sites excluding steroid dienone is 1. The van der Waals surface area contributed by atoms with Crippen LogP contribution in [0.25, 0.3) is 0 Å². The van der Waals surface area contributed by atoms with Crippen LogP contribution in [0, 0.1) is 5.82 Å². The molecule has 2 unspecified atom stereocenters. The number of ether oxygens (including phenoxy) is 1. The van der Waals surface area contributed by atoms with Crippen LogP contribution in [0.2, 0.25) is 0 Å². The van der Waals surface area contributed by atoms with Gasteiger partial charge in [0, 0.05) is 11.3 Å². The normalized spacial score (nSPS) is 23.9. The number of urea groups is 1. The van der Waals surface area contributed by atoms with Crippen molar-refractivity contribution in [3.05, 3.63) is 46.9 Å². The number of nitrogens with one attached hydrogen (secondary N) is 1. The van der Waals surface area contributed by atoms with Crippen molar-refractivity contribution in [3.8, 4) is 0 Å². The molecule has 0 aliphatic carbocycles. The van der Waals surface area contributed by atoms with E-state index < -0.39 is 29.5 Å². The lowest BCUT2D eigenvalue weighted by Gasteiger charge is -2.36. The van der Waals surface area contributed by atoms with Crippen molar-refractivity contribution >= 4 is 12.0 Å². The van der Waals surface area contributed by atoms with Crippen LogP contribution in [0.5, 0.6) is 0 Å². The zero-order valence-electron chi connectivity index (χ0n) is 13.0. The van der Waals surface area contributed by atoms with Gasteiger partial charge in [-0.2, -0.15) is 0 Å². The quantitative estimate of drug-likeness (QED) is 0.719. The standard InChI is InChI=1S/C15H18FN3O4/c1-8-11(13(20)23-3)12(9-6-4-5-7-10(9)16)15(2,22)19(8)18-14(17)21/h4-7,12,22H,1-3H3,(H3,17,18,21). The minimum atomic E-state index is -1.81. The summed E-state index contributed by atoms with van der Waals surface area (Å²) in [7, 11) is 1.18. The topological polar surface area (TPSA) is 105 Å². The molecule has 2 atom stereocenters. The molecule has 2 rings (SSSR count). The first-order chi connectivity index (χ1) is 10.7. The summed E-state index contributed by atoms with van der Waals surface area (Å²) in [6.07, 6.45) is 0. The molecule has 0 radical (unpaired) electrons. The smallest absolute Gasteiger partial charge is 0.336 e. The monoisotopic (exact) mass is 323 g/mol. The van der Waals surface area contributed by atoms with Gasteiger partial charge < -0.3 is 15.6 Å². The molecule has 1 heterocycles. The van der Waals surface area contributed by atoms with E-state index in [1.807, 2.05) is 0 Å². The number of carbonyl (C=O) groups excluding carboxylic acids is 2. The Morgan fingerprint density at radius 1 is 1.43 bits per heavy atom. The summed E-state index contributed by atoms with van der Waals surface area (Å²) in [5, 5.41) is 11.9. The Morgan fingerprint density at radius 2 is 2.04 bits per heavy atom. The number of aliphatic hydroxyl groups is 1. The van der Waals surface area contributed by atoms with Gasteiger partial charge in [-0.15, -0.1) is 0 Å². The number of rotatable bonds is 3. The molecule has 0 bridgehead atoms. The van der Waals surface area contributed by atoms with Crippen LogP contribution in [-0.4, -0.2) is 35.0 Å². The highest BCUT2D eigenvalue weighted by molar-refractivity contribution is 5.92. The van der Waals surface area contributed by atoms with Crippen LogP contribution >= 0.6 is 0 Å². The predicted octanol–water partition coefficient (Wildman–Crippen LogP) is 0.964. The van der Waals surface area contributed by atoms with Crippen molar-refractivity contribution in [2.75, 3.05) is 7.11 Å². The molecule has 1 aliphatic heterocycles. The van der Waals surface area contributed by atoms with E-state index in [9.17, 15) is 19.1 Å². The van der Waals surface area contributed by atoms with E-state index in [1.54, 1.807) is 6.07 Å². The summed E-state index contributed by atoms with van der Waals surface area (Å²) >= 11 is 0. The second kappa shape index (κ2) is 5.88. The number of esters is 1. The number of methoxy groups -OCH3 is 1. The van der Waals surface area contributed by atoms with E-state index in [-0.39, 0.29) is 16.8 Å². The van der Waals surface area contributed by atoms with Crippen LogP contribution in [-0.2, 0) is 9.53 Å². The molecule has 23 heavy (non-hydrogen) atoms. The number of hydrogen-bond donors (Lipinski definition) is 3. The Hall–Kier alpha value is -2.61. The van der Waals surface area contributed by atoms with Crippen molar-refractivity contribution in [1.82, 2.24) is 10.4 Å². The van der Waals surface area contributed by atoms with Crippen LogP contribution < -0.4 is 11.2 Å². The predicted molar refractivity (Wildman–Crippen MR) is 79.0 cm³/mol. The van der Waals surface area contributed by atoms with Gasteiger partial charge in [-0.25, -0.2) is 19.4 Å². The second-order valence-electron chi connectivity index (χ2n) is 5.35. The van der Waals surface area contributed by atoms with E-state index in [4.69, 9.17) is 10.5 Å². The third-order valence-corrected chi connectivity index (χ3v) is 3.86. The average Bonchev–Trinajstić information content (AvgIpc) is 2.67. The minimum absolute atomic E-state index is 0.0383. The number of halogens is 1. The van der Waals surface area contributed by atoms with Gasteiger partial charge in [-0.05, 0) is 19.9 Å².